The van der Waals surface area contributed by atoms with Crippen LogP contribution in [0.2, 0.25) is 0 Å². The minimum Gasteiger partial charge on any atom is -0.309 e. The van der Waals surface area contributed by atoms with Crippen LogP contribution in [-0.2, 0) is 5.41 Å². The van der Waals surface area contributed by atoms with E-state index in [4.69, 9.17) is 0 Å². The molecule has 96 valence electrons. The quantitative estimate of drug-likeness (QED) is 0.787. The first-order valence-corrected chi connectivity index (χ1v) is 7.07. The van der Waals surface area contributed by atoms with Crippen molar-refractivity contribution in [2.75, 3.05) is 20.6 Å². The van der Waals surface area contributed by atoms with Crippen molar-refractivity contribution in [1.82, 2.24) is 4.90 Å². The monoisotopic (exact) mass is 249 g/mol. The van der Waals surface area contributed by atoms with E-state index < -0.39 is 0 Å². The van der Waals surface area contributed by atoms with Gasteiger partial charge in [0.05, 0.1) is 0 Å². The number of nitrogens with zero attached hydrogens (tertiary/aromatic N) is 1. The van der Waals surface area contributed by atoms with Crippen molar-refractivity contribution in [2.24, 2.45) is 5.92 Å². The van der Waals surface area contributed by atoms with Gasteiger partial charge in [-0.2, -0.15) is 0 Å². The maximum Gasteiger partial charge on any atom is 0.0259 e. The lowest BCUT2D eigenvalue weighted by Gasteiger charge is -2.16. The number of hydrogen-bond donors (Lipinski definition) is 0. The predicted octanol–water partition coefficient (Wildman–Crippen LogP) is 3.53. The molecule has 0 N–H and O–H groups in total. The van der Waals surface area contributed by atoms with Crippen LogP contribution in [-0.4, -0.2) is 25.5 Å². The fourth-order valence-corrected chi connectivity index (χ4v) is 4.01. The van der Waals surface area contributed by atoms with Crippen molar-refractivity contribution in [2.45, 2.75) is 11.8 Å². The van der Waals surface area contributed by atoms with Crippen molar-refractivity contribution in [1.29, 1.82) is 0 Å². The Balaban J connectivity index is 1.89. The van der Waals surface area contributed by atoms with Gasteiger partial charge >= 0.3 is 0 Å². The molecule has 2 aromatic rings. The van der Waals surface area contributed by atoms with E-state index in [0.29, 0.717) is 5.41 Å². The second-order valence-corrected chi connectivity index (χ2v) is 6.23. The molecule has 1 spiro atoms. The Morgan fingerprint density at radius 3 is 2.00 bits per heavy atom. The fraction of sp³-hybridized carbons (Fsp3) is 0.333. The van der Waals surface area contributed by atoms with Gasteiger partial charge in [0, 0.05) is 12.0 Å². The van der Waals surface area contributed by atoms with Crippen LogP contribution >= 0.6 is 0 Å². The van der Waals surface area contributed by atoms with Gasteiger partial charge < -0.3 is 4.90 Å². The zero-order chi connectivity index (χ0) is 13.0. The van der Waals surface area contributed by atoms with E-state index in [-0.39, 0.29) is 0 Å². The summed E-state index contributed by atoms with van der Waals surface area (Å²) >= 11 is 0. The summed E-state index contributed by atoms with van der Waals surface area (Å²) in [6, 6.07) is 18.0. The van der Waals surface area contributed by atoms with Crippen molar-refractivity contribution < 1.29 is 0 Å². The van der Waals surface area contributed by atoms with Gasteiger partial charge in [0.2, 0.25) is 0 Å². The molecule has 0 aromatic heterocycles. The van der Waals surface area contributed by atoms with Crippen LogP contribution < -0.4 is 0 Å². The molecule has 1 unspecified atom stereocenters. The highest BCUT2D eigenvalue weighted by molar-refractivity contribution is 5.83. The lowest BCUT2D eigenvalue weighted by atomic mass is 9.91. The highest BCUT2D eigenvalue weighted by atomic mass is 15.1. The maximum atomic E-state index is 2.34. The first-order chi connectivity index (χ1) is 9.23. The molecular formula is C18H19N. The predicted molar refractivity (Wildman–Crippen MR) is 79.3 cm³/mol. The van der Waals surface area contributed by atoms with Crippen molar-refractivity contribution in [3.63, 3.8) is 0 Å². The number of benzene rings is 2. The van der Waals surface area contributed by atoms with Crippen LogP contribution in [0.4, 0.5) is 0 Å². The highest BCUT2D eigenvalue weighted by Gasteiger charge is 2.60. The summed E-state index contributed by atoms with van der Waals surface area (Å²) in [7, 11) is 4.36. The smallest absolute Gasteiger partial charge is 0.0259 e. The Kier molecular flexibility index (Phi) is 2.19. The van der Waals surface area contributed by atoms with Crippen LogP contribution in [0.1, 0.15) is 17.5 Å². The zero-order valence-electron chi connectivity index (χ0n) is 11.6. The Hall–Kier alpha value is -1.60. The molecule has 0 bridgehead atoms. The number of rotatable bonds is 2. The minimum absolute atomic E-state index is 0.317. The van der Waals surface area contributed by atoms with Gasteiger partial charge in [0.25, 0.3) is 0 Å². The Labute approximate surface area is 114 Å². The van der Waals surface area contributed by atoms with Gasteiger partial charge in [-0.05, 0) is 48.7 Å². The topological polar surface area (TPSA) is 3.24 Å². The highest BCUT2D eigenvalue weighted by Crippen LogP contribution is 2.66. The Morgan fingerprint density at radius 1 is 0.947 bits per heavy atom. The molecular weight excluding hydrogens is 230 g/mol. The van der Waals surface area contributed by atoms with Crippen LogP contribution in [0.3, 0.4) is 0 Å². The molecule has 2 aromatic carbocycles. The third-order valence-corrected chi connectivity index (χ3v) is 4.80. The molecule has 0 amide bonds. The second kappa shape index (κ2) is 3.71. The van der Waals surface area contributed by atoms with Crippen molar-refractivity contribution in [3.05, 3.63) is 59.7 Å². The third-order valence-electron chi connectivity index (χ3n) is 4.80. The average Bonchev–Trinajstić information content (AvgIpc) is 3.04. The molecule has 4 rings (SSSR count). The molecule has 0 heterocycles. The van der Waals surface area contributed by atoms with Crippen LogP contribution in [0, 0.1) is 5.92 Å². The molecule has 1 heteroatoms. The molecule has 2 aliphatic carbocycles. The Bertz CT molecular complexity index is 596. The molecule has 1 nitrogen and oxygen atoms in total. The molecule has 1 atom stereocenters. The lowest BCUT2D eigenvalue weighted by Crippen LogP contribution is -2.20. The van der Waals surface area contributed by atoms with Crippen molar-refractivity contribution in [3.8, 4) is 11.1 Å². The minimum atomic E-state index is 0.317. The van der Waals surface area contributed by atoms with Crippen molar-refractivity contribution >= 4 is 0 Å². The average molecular weight is 249 g/mol. The summed E-state index contributed by atoms with van der Waals surface area (Å²) < 4.78 is 0. The van der Waals surface area contributed by atoms with Gasteiger partial charge in [0.1, 0.15) is 0 Å². The van der Waals surface area contributed by atoms with E-state index in [9.17, 15) is 0 Å². The maximum absolute atomic E-state index is 2.34. The summed E-state index contributed by atoms with van der Waals surface area (Å²) in [5, 5.41) is 0. The van der Waals surface area contributed by atoms with E-state index in [0.717, 1.165) is 5.92 Å². The summed E-state index contributed by atoms with van der Waals surface area (Å²) in [4.78, 5) is 2.32. The molecule has 2 aliphatic rings. The zero-order valence-corrected chi connectivity index (χ0v) is 11.6. The third kappa shape index (κ3) is 1.39. The largest absolute Gasteiger partial charge is 0.309 e. The molecule has 0 saturated heterocycles. The normalized spacial score (nSPS) is 21.5. The molecule has 0 radical (unpaired) electrons. The SMILES string of the molecule is CN(C)CC1CC12c1ccccc1-c1ccccc12. The van der Waals surface area contributed by atoms with E-state index in [1.165, 1.54) is 24.1 Å². The lowest BCUT2D eigenvalue weighted by molar-refractivity contribution is 0.377. The van der Waals surface area contributed by atoms with Gasteiger partial charge in [-0.15, -0.1) is 0 Å². The van der Waals surface area contributed by atoms with Gasteiger partial charge in [-0.3, -0.25) is 0 Å². The molecule has 1 fully saturated rings. The fourth-order valence-electron chi connectivity index (χ4n) is 4.01. The summed E-state index contributed by atoms with van der Waals surface area (Å²) in [5.41, 5.74) is 6.35. The first-order valence-electron chi connectivity index (χ1n) is 7.07. The summed E-state index contributed by atoms with van der Waals surface area (Å²) in [6.07, 6.45) is 1.30. The van der Waals surface area contributed by atoms with Gasteiger partial charge in [0.15, 0.2) is 0 Å². The number of fused-ring (bicyclic) bond motifs is 5. The molecule has 1 saturated carbocycles. The van der Waals surface area contributed by atoms with Crippen LogP contribution in [0.15, 0.2) is 48.5 Å². The standard InChI is InChI=1S/C18H19N/c1-19(2)12-13-11-18(13)16-9-5-3-7-14(16)15-8-4-6-10-17(15)18/h3-10,13H,11-12H2,1-2H3. The van der Waals surface area contributed by atoms with E-state index in [1.54, 1.807) is 11.1 Å². The van der Waals surface area contributed by atoms with E-state index in [1.807, 2.05) is 0 Å². The van der Waals surface area contributed by atoms with Crippen LogP contribution in [0.25, 0.3) is 11.1 Å². The molecule has 19 heavy (non-hydrogen) atoms. The molecule has 0 aliphatic heterocycles. The number of hydrogen-bond acceptors (Lipinski definition) is 1. The second-order valence-electron chi connectivity index (χ2n) is 6.23. The summed E-state index contributed by atoms with van der Waals surface area (Å²) in [5.74, 6) is 0.771. The van der Waals surface area contributed by atoms with Gasteiger partial charge in [-0.1, -0.05) is 48.5 Å². The van der Waals surface area contributed by atoms with E-state index >= 15 is 0 Å². The van der Waals surface area contributed by atoms with E-state index in [2.05, 4.69) is 67.5 Å². The Morgan fingerprint density at radius 2 is 1.47 bits per heavy atom. The summed E-state index contributed by atoms with van der Waals surface area (Å²) in [6.45, 7) is 1.18. The van der Waals surface area contributed by atoms with Gasteiger partial charge in [-0.25, -0.2) is 0 Å². The van der Waals surface area contributed by atoms with Crippen LogP contribution in [0.5, 0.6) is 0 Å². The first kappa shape index (κ1) is 11.2.